The van der Waals surface area contributed by atoms with Gasteiger partial charge in [-0.15, -0.1) is 0 Å². The predicted octanol–water partition coefficient (Wildman–Crippen LogP) is 1.64. The van der Waals surface area contributed by atoms with Crippen molar-refractivity contribution in [2.75, 3.05) is 11.9 Å². The molecule has 0 atom stereocenters. The molecule has 0 unspecified atom stereocenters. The first-order valence-electron chi connectivity index (χ1n) is 4.20. The maximum absolute atomic E-state index is 12.7. The average molecular weight is 338 g/mol. The summed E-state index contributed by atoms with van der Waals surface area (Å²) in [5, 5.41) is 12.9. The molecule has 0 aliphatic heterocycles. The molecule has 0 aliphatic rings. The van der Waals surface area contributed by atoms with E-state index in [9.17, 15) is 14.0 Å². The first-order chi connectivity index (χ1) is 7.49. The summed E-state index contributed by atoms with van der Waals surface area (Å²) in [6, 6.07) is 3.21. The zero-order chi connectivity index (χ0) is 12.1. The van der Waals surface area contributed by atoms with E-state index in [2.05, 4.69) is 10.6 Å². The molecule has 3 N–H and O–H groups in total. The van der Waals surface area contributed by atoms with Crippen LogP contribution in [0.1, 0.15) is 0 Å². The van der Waals surface area contributed by atoms with Gasteiger partial charge in [0.1, 0.15) is 12.4 Å². The number of anilines is 1. The third kappa shape index (κ3) is 4.01. The number of hydrogen-bond acceptors (Lipinski definition) is 2. The minimum atomic E-state index is -1.14. The van der Waals surface area contributed by atoms with Gasteiger partial charge in [-0.1, -0.05) is 0 Å². The van der Waals surface area contributed by atoms with Gasteiger partial charge in [-0.25, -0.2) is 9.18 Å². The highest BCUT2D eigenvalue weighted by Gasteiger charge is 2.06. The van der Waals surface area contributed by atoms with Crippen LogP contribution in [0.2, 0.25) is 0 Å². The SMILES string of the molecule is O=C(O)CNC(=O)Nc1ccc(F)cc1I. The Balaban J connectivity index is 2.59. The number of amides is 2. The van der Waals surface area contributed by atoms with Crippen LogP contribution in [-0.4, -0.2) is 23.7 Å². The van der Waals surface area contributed by atoms with Crippen LogP contribution in [0.25, 0.3) is 0 Å². The zero-order valence-corrected chi connectivity index (χ0v) is 10.1. The molecule has 5 nitrogen and oxygen atoms in total. The lowest BCUT2D eigenvalue weighted by molar-refractivity contribution is -0.135. The van der Waals surface area contributed by atoms with Crippen molar-refractivity contribution in [1.29, 1.82) is 0 Å². The first-order valence-corrected chi connectivity index (χ1v) is 5.28. The maximum Gasteiger partial charge on any atom is 0.323 e. The summed E-state index contributed by atoms with van der Waals surface area (Å²) in [5.74, 6) is -1.54. The first kappa shape index (κ1) is 12.7. The fourth-order valence-electron chi connectivity index (χ4n) is 0.913. The highest BCUT2D eigenvalue weighted by Crippen LogP contribution is 2.18. The van der Waals surface area contributed by atoms with E-state index in [-0.39, 0.29) is 0 Å². The van der Waals surface area contributed by atoms with Crippen LogP contribution in [-0.2, 0) is 4.79 Å². The third-order valence-corrected chi connectivity index (χ3v) is 2.47. The van der Waals surface area contributed by atoms with Crippen LogP contribution in [0.4, 0.5) is 14.9 Å². The second-order valence-electron chi connectivity index (χ2n) is 2.83. The highest BCUT2D eigenvalue weighted by molar-refractivity contribution is 14.1. The van der Waals surface area contributed by atoms with Crippen molar-refractivity contribution >= 4 is 40.3 Å². The van der Waals surface area contributed by atoms with Crippen molar-refractivity contribution in [3.8, 4) is 0 Å². The van der Waals surface area contributed by atoms with Gasteiger partial charge < -0.3 is 15.7 Å². The van der Waals surface area contributed by atoms with Gasteiger partial charge in [0.15, 0.2) is 0 Å². The van der Waals surface area contributed by atoms with Crippen molar-refractivity contribution in [2.45, 2.75) is 0 Å². The Bertz CT molecular complexity index is 425. The summed E-state index contributed by atoms with van der Waals surface area (Å²) in [4.78, 5) is 21.3. The molecule has 0 spiro atoms. The molecule has 0 heterocycles. The number of carbonyl (C=O) groups excluding carboxylic acids is 1. The smallest absolute Gasteiger partial charge is 0.323 e. The number of nitrogens with one attached hydrogen (secondary N) is 2. The molecule has 0 fully saturated rings. The molecule has 0 radical (unpaired) electrons. The number of carbonyl (C=O) groups is 2. The molecule has 0 aliphatic carbocycles. The normalized spacial score (nSPS) is 9.62. The molecular weight excluding hydrogens is 330 g/mol. The lowest BCUT2D eigenvalue weighted by Crippen LogP contribution is -2.33. The van der Waals surface area contributed by atoms with Gasteiger partial charge in [0.25, 0.3) is 0 Å². The van der Waals surface area contributed by atoms with Crippen LogP contribution in [0.5, 0.6) is 0 Å². The summed E-state index contributed by atoms with van der Waals surface area (Å²) < 4.78 is 13.3. The van der Waals surface area contributed by atoms with Gasteiger partial charge in [-0.3, -0.25) is 4.79 Å². The van der Waals surface area contributed by atoms with Crippen LogP contribution < -0.4 is 10.6 Å². The molecule has 2 amide bonds. The second-order valence-corrected chi connectivity index (χ2v) is 3.99. The Hall–Kier alpha value is -1.38. The Kier molecular flexibility index (Phi) is 4.47. The van der Waals surface area contributed by atoms with E-state index < -0.39 is 24.4 Å². The quantitative estimate of drug-likeness (QED) is 0.733. The Labute approximate surface area is 104 Å². The van der Waals surface area contributed by atoms with E-state index in [1.54, 1.807) is 0 Å². The second kappa shape index (κ2) is 5.64. The van der Waals surface area contributed by atoms with Crippen LogP contribution in [0, 0.1) is 9.39 Å². The van der Waals surface area contributed by atoms with E-state index in [0.717, 1.165) is 0 Å². The zero-order valence-electron chi connectivity index (χ0n) is 7.96. The monoisotopic (exact) mass is 338 g/mol. The highest BCUT2D eigenvalue weighted by atomic mass is 127. The van der Waals surface area contributed by atoms with E-state index >= 15 is 0 Å². The van der Waals surface area contributed by atoms with Crippen molar-refractivity contribution in [3.05, 3.63) is 27.6 Å². The lowest BCUT2D eigenvalue weighted by Gasteiger charge is -2.07. The minimum absolute atomic E-state index is 0.402. The van der Waals surface area contributed by atoms with Gasteiger partial charge in [-0.05, 0) is 40.8 Å². The molecule has 7 heteroatoms. The molecule has 1 rings (SSSR count). The standard InChI is InChI=1S/C9H8FIN2O3/c10-5-1-2-7(6(11)3-5)13-9(16)12-4-8(14)15/h1-3H,4H2,(H,14,15)(H2,12,13,16). The largest absolute Gasteiger partial charge is 0.480 e. The molecule has 0 bridgehead atoms. The third-order valence-electron chi connectivity index (χ3n) is 1.58. The Morgan fingerprint density at radius 3 is 2.69 bits per heavy atom. The molecule has 0 saturated carbocycles. The van der Waals surface area contributed by atoms with Crippen molar-refractivity contribution in [2.24, 2.45) is 0 Å². The van der Waals surface area contributed by atoms with E-state index in [0.29, 0.717) is 9.26 Å². The van der Waals surface area contributed by atoms with Gasteiger partial charge in [0.05, 0.1) is 5.69 Å². The number of benzene rings is 1. The fraction of sp³-hybridized carbons (Fsp3) is 0.111. The summed E-state index contributed by atoms with van der Waals surface area (Å²) >= 11 is 1.86. The van der Waals surface area contributed by atoms with Crippen molar-refractivity contribution in [3.63, 3.8) is 0 Å². The summed E-state index contributed by atoms with van der Waals surface area (Å²) in [6.45, 7) is -0.469. The molecule has 86 valence electrons. The fourth-order valence-corrected chi connectivity index (χ4v) is 1.53. The van der Waals surface area contributed by atoms with Crippen LogP contribution in [0.3, 0.4) is 0 Å². The molecule has 0 saturated heterocycles. The number of carboxylic acids is 1. The average Bonchev–Trinajstić information content (AvgIpc) is 2.19. The molecular formula is C9H8FIN2O3. The number of urea groups is 1. The minimum Gasteiger partial charge on any atom is -0.480 e. The molecule has 1 aromatic carbocycles. The van der Waals surface area contributed by atoms with Gasteiger partial charge >= 0.3 is 12.0 Å². The van der Waals surface area contributed by atoms with Gasteiger partial charge in [0, 0.05) is 3.57 Å². The number of hydrogen-bond donors (Lipinski definition) is 3. The number of carboxylic acid groups (broad SMARTS) is 1. The Morgan fingerprint density at radius 2 is 2.12 bits per heavy atom. The topological polar surface area (TPSA) is 78.4 Å². The summed E-state index contributed by atoms with van der Waals surface area (Å²) in [6.07, 6.45) is 0. The number of rotatable bonds is 3. The maximum atomic E-state index is 12.7. The van der Waals surface area contributed by atoms with Crippen molar-refractivity contribution < 1.29 is 19.1 Å². The number of aliphatic carboxylic acids is 1. The summed E-state index contributed by atoms with van der Waals surface area (Å²) in [7, 11) is 0. The van der Waals surface area contributed by atoms with Crippen LogP contribution in [0.15, 0.2) is 18.2 Å². The van der Waals surface area contributed by atoms with E-state index in [1.165, 1.54) is 18.2 Å². The molecule has 16 heavy (non-hydrogen) atoms. The van der Waals surface area contributed by atoms with Gasteiger partial charge in [0.2, 0.25) is 0 Å². The summed E-state index contributed by atoms with van der Waals surface area (Å²) in [5.41, 5.74) is 0.421. The van der Waals surface area contributed by atoms with E-state index in [1.807, 2.05) is 22.6 Å². The van der Waals surface area contributed by atoms with Gasteiger partial charge in [-0.2, -0.15) is 0 Å². The van der Waals surface area contributed by atoms with Crippen molar-refractivity contribution in [1.82, 2.24) is 5.32 Å². The van der Waals surface area contributed by atoms with Crippen LogP contribution >= 0.6 is 22.6 Å². The Morgan fingerprint density at radius 1 is 1.44 bits per heavy atom. The molecule has 0 aromatic heterocycles. The lowest BCUT2D eigenvalue weighted by atomic mass is 10.3. The number of halogens is 2. The van der Waals surface area contributed by atoms with E-state index in [4.69, 9.17) is 5.11 Å². The molecule has 1 aromatic rings. The predicted molar refractivity (Wildman–Crippen MR) is 63.8 cm³/mol.